The molecule has 2 atom stereocenters. The second kappa shape index (κ2) is 11.2. The molecule has 0 radical (unpaired) electrons. The monoisotopic (exact) mass is 551 g/mol. The highest BCUT2D eigenvalue weighted by molar-refractivity contribution is 6.04. The topological polar surface area (TPSA) is 123 Å². The smallest absolute Gasteiger partial charge is 0.258 e. The number of aryl methyl sites for hydroxylation is 1. The zero-order valence-corrected chi connectivity index (χ0v) is 22.5. The second-order valence-corrected chi connectivity index (χ2v) is 10.2. The first-order valence-corrected chi connectivity index (χ1v) is 13.5. The summed E-state index contributed by atoms with van der Waals surface area (Å²) < 4.78 is 12.1. The summed E-state index contributed by atoms with van der Waals surface area (Å²) in [7, 11) is 0. The Morgan fingerprint density at radius 1 is 1.02 bits per heavy atom. The Balaban J connectivity index is 1.30. The van der Waals surface area contributed by atoms with Gasteiger partial charge < -0.3 is 25.0 Å². The van der Waals surface area contributed by atoms with Gasteiger partial charge in [0.15, 0.2) is 6.61 Å². The van der Waals surface area contributed by atoms with Crippen molar-refractivity contribution in [3.8, 4) is 11.5 Å². The van der Waals surface area contributed by atoms with Crippen molar-refractivity contribution in [2.75, 3.05) is 19.7 Å². The lowest BCUT2D eigenvalue weighted by atomic mass is 9.99. The molecule has 3 amide bonds. The summed E-state index contributed by atoms with van der Waals surface area (Å²) in [6.45, 7) is 2.72. The van der Waals surface area contributed by atoms with E-state index in [0.717, 1.165) is 11.1 Å². The van der Waals surface area contributed by atoms with Gasteiger partial charge in [-0.2, -0.15) is 0 Å². The number of amides is 3. The van der Waals surface area contributed by atoms with Gasteiger partial charge in [0, 0.05) is 44.0 Å². The van der Waals surface area contributed by atoms with E-state index in [1.165, 1.54) is 0 Å². The maximum Gasteiger partial charge on any atom is 0.258 e. The van der Waals surface area contributed by atoms with Crippen molar-refractivity contribution in [1.82, 2.24) is 25.5 Å². The van der Waals surface area contributed by atoms with Gasteiger partial charge in [-0.1, -0.05) is 24.3 Å². The average molecular weight is 552 g/mol. The summed E-state index contributed by atoms with van der Waals surface area (Å²) in [5, 5.41) is 5.94. The van der Waals surface area contributed by atoms with E-state index in [1.54, 1.807) is 47.6 Å². The van der Waals surface area contributed by atoms with Gasteiger partial charge in [0.1, 0.15) is 23.1 Å². The highest BCUT2D eigenvalue weighted by Crippen LogP contribution is 2.25. The molecule has 4 heterocycles. The van der Waals surface area contributed by atoms with Crippen molar-refractivity contribution in [3.63, 3.8) is 0 Å². The van der Waals surface area contributed by atoms with E-state index in [9.17, 15) is 14.4 Å². The Labute approximate surface area is 236 Å². The van der Waals surface area contributed by atoms with E-state index in [0.29, 0.717) is 53.2 Å². The number of carbonyl (C=O) groups is 3. The van der Waals surface area contributed by atoms with Crippen LogP contribution in [0.15, 0.2) is 73.1 Å². The average Bonchev–Trinajstić information content (AvgIpc) is 3.00. The molecule has 7 rings (SSSR count). The van der Waals surface area contributed by atoms with Gasteiger partial charge >= 0.3 is 0 Å². The van der Waals surface area contributed by atoms with Crippen LogP contribution in [-0.4, -0.2) is 64.4 Å². The Kier molecular flexibility index (Phi) is 7.20. The molecule has 3 aromatic carbocycles. The van der Waals surface area contributed by atoms with Crippen molar-refractivity contribution < 1.29 is 23.9 Å². The standard InChI is InChI=1S/C31H29N5O5/c1-19-5-8-21-15-27(19)40-18-28(37)34-16-20-6-9-22(10-7-20)41-26-11-14-36(17-25(26)35-30(21)38)31(39)23-3-2-4-24-29(23)33-13-12-32-24/h2-10,12-13,15,25-26H,11,14,16-18H2,1H3,(H,34,37)(H,35,38)/t25-,26-/m0/s1. The maximum atomic E-state index is 13.7. The molecular weight excluding hydrogens is 522 g/mol. The number of hydrogen-bond acceptors (Lipinski definition) is 7. The van der Waals surface area contributed by atoms with Gasteiger partial charge in [-0.25, -0.2) is 0 Å². The number of ether oxygens (including phenoxy) is 2. The van der Waals surface area contributed by atoms with Crippen molar-refractivity contribution in [2.24, 2.45) is 0 Å². The van der Waals surface area contributed by atoms with E-state index in [4.69, 9.17) is 9.47 Å². The van der Waals surface area contributed by atoms with Gasteiger partial charge in [0.25, 0.3) is 17.7 Å². The first kappa shape index (κ1) is 26.2. The Bertz CT molecular complexity index is 1620. The number of nitrogens with zero attached hydrogens (tertiary/aromatic N) is 3. The second-order valence-electron chi connectivity index (χ2n) is 10.2. The summed E-state index contributed by atoms with van der Waals surface area (Å²) in [6, 6.07) is 17.4. The molecule has 4 aromatic rings. The van der Waals surface area contributed by atoms with Crippen LogP contribution in [-0.2, 0) is 11.3 Å². The number of nitrogens with one attached hydrogen (secondary N) is 2. The van der Waals surface area contributed by atoms with Crippen LogP contribution in [0.2, 0.25) is 0 Å². The van der Waals surface area contributed by atoms with Crippen LogP contribution >= 0.6 is 0 Å². The maximum absolute atomic E-state index is 13.7. The molecular formula is C31H29N5O5. The number of piperidine rings is 1. The third-order valence-corrected chi connectivity index (χ3v) is 7.39. The molecule has 3 aliphatic rings. The van der Waals surface area contributed by atoms with Crippen LogP contribution in [0, 0.1) is 6.92 Å². The minimum absolute atomic E-state index is 0.173. The number of para-hydroxylation sites is 1. The Morgan fingerprint density at radius 3 is 2.71 bits per heavy atom. The zero-order valence-electron chi connectivity index (χ0n) is 22.5. The number of benzene rings is 3. The quantitative estimate of drug-likeness (QED) is 0.373. The summed E-state index contributed by atoms with van der Waals surface area (Å²) in [5.74, 6) is 0.310. The summed E-state index contributed by atoms with van der Waals surface area (Å²) in [5.41, 5.74) is 3.74. The Morgan fingerprint density at radius 2 is 1.85 bits per heavy atom. The highest BCUT2D eigenvalue weighted by atomic mass is 16.5. The molecule has 0 saturated carbocycles. The van der Waals surface area contributed by atoms with Gasteiger partial charge in [0.05, 0.1) is 17.1 Å². The van der Waals surface area contributed by atoms with E-state index >= 15 is 0 Å². The lowest BCUT2D eigenvalue weighted by Gasteiger charge is -2.39. The molecule has 41 heavy (non-hydrogen) atoms. The third-order valence-electron chi connectivity index (χ3n) is 7.39. The van der Waals surface area contributed by atoms with Gasteiger partial charge in [-0.15, -0.1) is 0 Å². The van der Waals surface area contributed by atoms with Crippen molar-refractivity contribution in [2.45, 2.75) is 32.0 Å². The molecule has 1 aromatic heterocycles. The fraction of sp³-hybridized carbons (Fsp3) is 0.258. The number of aromatic nitrogens is 2. The lowest BCUT2D eigenvalue weighted by molar-refractivity contribution is -0.123. The van der Waals surface area contributed by atoms with Gasteiger partial charge in [-0.05, 0) is 54.4 Å². The molecule has 4 bridgehead atoms. The number of rotatable bonds is 1. The van der Waals surface area contributed by atoms with E-state index in [2.05, 4.69) is 20.6 Å². The van der Waals surface area contributed by atoms with Gasteiger partial charge in [-0.3, -0.25) is 24.4 Å². The fourth-order valence-corrected chi connectivity index (χ4v) is 5.13. The van der Waals surface area contributed by atoms with E-state index in [-0.39, 0.29) is 37.0 Å². The fourth-order valence-electron chi connectivity index (χ4n) is 5.13. The van der Waals surface area contributed by atoms with Crippen molar-refractivity contribution in [3.05, 3.63) is 95.3 Å². The molecule has 1 saturated heterocycles. The summed E-state index contributed by atoms with van der Waals surface area (Å²) in [4.78, 5) is 50.0. The van der Waals surface area contributed by atoms with Crippen LogP contribution in [0.25, 0.3) is 11.0 Å². The van der Waals surface area contributed by atoms with E-state index < -0.39 is 6.04 Å². The molecule has 0 spiro atoms. The predicted octanol–water partition coefficient (Wildman–Crippen LogP) is 3.04. The Hall–Kier alpha value is -4.99. The van der Waals surface area contributed by atoms with Crippen molar-refractivity contribution >= 4 is 28.8 Å². The van der Waals surface area contributed by atoms with E-state index in [1.807, 2.05) is 37.3 Å². The summed E-state index contributed by atoms with van der Waals surface area (Å²) >= 11 is 0. The normalized spacial score (nSPS) is 19.3. The third kappa shape index (κ3) is 5.67. The molecule has 1 fully saturated rings. The molecule has 3 aliphatic heterocycles. The molecule has 208 valence electrons. The number of fused-ring (bicyclic) bond motifs is 8. The highest BCUT2D eigenvalue weighted by Gasteiger charge is 2.35. The first-order valence-electron chi connectivity index (χ1n) is 13.5. The lowest BCUT2D eigenvalue weighted by Crippen LogP contribution is -2.58. The van der Waals surface area contributed by atoms with Crippen LogP contribution < -0.4 is 20.1 Å². The molecule has 0 unspecified atom stereocenters. The number of carbonyl (C=O) groups excluding carboxylic acids is 3. The summed E-state index contributed by atoms with van der Waals surface area (Å²) in [6.07, 6.45) is 3.29. The molecule has 10 nitrogen and oxygen atoms in total. The molecule has 10 heteroatoms. The minimum atomic E-state index is -0.495. The zero-order chi connectivity index (χ0) is 28.3. The van der Waals surface area contributed by atoms with Crippen LogP contribution in [0.5, 0.6) is 11.5 Å². The number of hydrogen-bond donors (Lipinski definition) is 2. The molecule has 0 aliphatic carbocycles. The van der Waals surface area contributed by atoms with Crippen LogP contribution in [0.4, 0.5) is 0 Å². The first-order chi connectivity index (χ1) is 19.9. The van der Waals surface area contributed by atoms with Crippen LogP contribution in [0.1, 0.15) is 38.3 Å². The molecule has 2 N–H and O–H groups in total. The van der Waals surface area contributed by atoms with Crippen molar-refractivity contribution in [1.29, 1.82) is 0 Å². The SMILES string of the molecule is Cc1ccc2cc1OCC(=O)NCc1ccc(cc1)O[C@H]1CCN(C(=O)c3cccc4nccnc34)C[C@@H]1NC2=O. The predicted molar refractivity (Wildman–Crippen MR) is 151 cm³/mol. The minimum Gasteiger partial charge on any atom is -0.488 e. The van der Waals surface area contributed by atoms with Gasteiger partial charge in [0.2, 0.25) is 0 Å². The number of likely N-dealkylation sites (tertiary alicyclic amines) is 1. The largest absolute Gasteiger partial charge is 0.488 e. The van der Waals surface area contributed by atoms with Crippen LogP contribution in [0.3, 0.4) is 0 Å².